The average molecular weight is 470 g/mol. The molecule has 1 saturated carbocycles. The molecule has 10 heteroatoms. The first kappa shape index (κ1) is 22.0. The molecule has 3 aromatic rings. The SMILES string of the molecule is C=CCn1c(SCC(=O)Nc2cc([N+](=O)[O-])ccc2Cl)nnc1C1CC1c1ccccc1. The number of benzene rings is 2. The van der Waals surface area contributed by atoms with E-state index in [4.69, 9.17) is 11.6 Å². The Hall–Kier alpha value is -3.17. The highest BCUT2D eigenvalue weighted by atomic mass is 35.5. The maximum Gasteiger partial charge on any atom is 0.271 e. The van der Waals surface area contributed by atoms with E-state index in [1.807, 2.05) is 22.8 Å². The Labute approximate surface area is 193 Å². The van der Waals surface area contributed by atoms with Crippen molar-refractivity contribution in [2.45, 2.75) is 30.0 Å². The van der Waals surface area contributed by atoms with E-state index in [9.17, 15) is 14.9 Å². The summed E-state index contributed by atoms with van der Waals surface area (Å²) in [7, 11) is 0. The van der Waals surface area contributed by atoms with Crippen molar-refractivity contribution in [3.8, 4) is 0 Å². The van der Waals surface area contributed by atoms with Crippen molar-refractivity contribution in [1.82, 2.24) is 14.8 Å². The third-order valence-electron chi connectivity index (χ3n) is 5.17. The van der Waals surface area contributed by atoms with Gasteiger partial charge in [-0.15, -0.1) is 16.8 Å². The van der Waals surface area contributed by atoms with Gasteiger partial charge in [-0.05, 0) is 24.0 Å². The molecular weight excluding hydrogens is 450 g/mol. The molecule has 32 heavy (non-hydrogen) atoms. The average Bonchev–Trinajstić information content (AvgIpc) is 3.49. The summed E-state index contributed by atoms with van der Waals surface area (Å²) in [6.07, 6.45) is 2.79. The largest absolute Gasteiger partial charge is 0.324 e. The van der Waals surface area contributed by atoms with E-state index in [-0.39, 0.29) is 34.0 Å². The Morgan fingerprint density at radius 2 is 2.06 bits per heavy atom. The number of hydrogen-bond acceptors (Lipinski definition) is 6. The van der Waals surface area contributed by atoms with Gasteiger partial charge in [0.05, 0.1) is 21.4 Å². The molecule has 1 fully saturated rings. The first-order valence-electron chi connectivity index (χ1n) is 9.93. The number of nitrogens with one attached hydrogen (secondary N) is 1. The van der Waals surface area contributed by atoms with Crippen molar-refractivity contribution >= 4 is 40.6 Å². The summed E-state index contributed by atoms with van der Waals surface area (Å²) in [4.78, 5) is 22.9. The summed E-state index contributed by atoms with van der Waals surface area (Å²) in [5.41, 5.74) is 1.33. The summed E-state index contributed by atoms with van der Waals surface area (Å²) < 4.78 is 1.99. The van der Waals surface area contributed by atoms with Gasteiger partial charge in [0.1, 0.15) is 5.82 Å². The van der Waals surface area contributed by atoms with Crippen LogP contribution in [0, 0.1) is 10.1 Å². The summed E-state index contributed by atoms with van der Waals surface area (Å²) in [6.45, 7) is 4.37. The molecule has 1 amide bonds. The van der Waals surface area contributed by atoms with Crippen molar-refractivity contribution in [1.29, 1.82) is 0 Å². The minimum absolute atomic E-state index is 0.0566. The number of nitro benzene ring substituents is 1. The van der Waals surface area contributed by atoms with Gasteiger partial charge in [-0.3, -0.25) is 14.9 Å². The molecule has 1 aliphatic rings. The van der Waals surface area contributed by atoms with Crippen molar-refractivity contribution in [3.63, 3.8) is 0 Å². The van der Waals surface area contributed by atoms with E-state index >= 15 is 0 Å². The number of hydrogen-bond donors (Lipinski definition) is 1. The lowest BCUT2D eigenvalue weighted by Gasteiger charge is -2.09. The topological polar surface area (TPSA) is 103 Å². The van der Waals surface area contributed by atoms with E-state index < -0.39 is 4.92 Å². The predicted molar refractivity (Wildman–Crippen MR) is 124 cm³/mol. The highest BCUT2D eigenvalue weighted by molar-refractivity contribution is 7.99. The second kappa shape index (κ2) is 9.54. The number of halogens is 1. The molecule has 0 bridgehead atoms. The van der Waals surface area contributed by atoms with Gasteiger partial charge in [-0.25, -0.2) is 0 Å². The van der Waals surface area contributed by atoms with Crippen LogP contribution in [0.15, 0.2) is 66.3 Å². The number of nitrogens with zero attached hydrogens (tertiary/aromatic N) is 4. The Morgan fingerprint density at radius 3 is 2.78 bits per heavy atom. The molecule has 164 valence electrons. The van der Waals surface area contributed by atoms with Gasteiger partial charge in [0.2, 0.25) is 5.91 Å². The van der Waals surface area contributed by atoms with Crippen molar-refractivity contribution in [2.75, 3.05) is 11.1 Å². The molecule has 8 nitrogen and oxygen atoms in total. The number of anilines is 1. The third-order valence-corrected chi connectivity index (χ3v) is 6.47. The lowest BCUT2D eigenvalue weighted by atomic mass is 10.1. The lowest BCUT2D eigenvalue weighted by Crippen LogP contribution is -2.15. The van der Waals surface area contributed by atoms with Crippen LogP contribution in [0.1, 0.15) is 29.6 Å². The van der Waals surface area contributed by atoms with Crippen LogP contribution in [0.5, 0.6) is 0 Å². The molecule has 4 rings (SSSR count). The van der Waals surface area contributed by atoms with Crippen LogP contribution in [0.4, 0.5) is 11.4 Å². The molecule has 0 aliphatic heterocycles. The molecule has 1 aliphatic carbocycles. The quantitative estimate of drug-likeness (QED) is 0.204. The molecule has 1 aromatic heterocycles. The summed E-state index contributed by atoms with van der Waals surface area (Å²) in [6, 6.07) is 14.2. The maximum absolute atomic E-state index is 12.4. The number of thioether (sulfide) groups is 1. The molecule has 0 saturated heterocycles. The number of aromatic nitrogens is 3. The Balaban J connectivity index is 1.43. The van der Waals surface area contributed by atoms with Crippen LogP contribution in [-0.2, 0) is 11.3 Å². The number of carbonyl (C=O) groups is 1. The van der Waals surface area contributed by atoms with Crippen molar-refractivity contribution < 1.29 is 9.72 Å². The molecule has 2 atom stereocenters. The highest BCUT2D eigenvalue weighted by Gasteiger charge is 2.43. The Morgan fingerprint density at radius 1 is 1.28 bits per heavy atom. The lowest BCUT2D eigenvalue weighted by molar-refractivity contribution is -0.384. The molecule has 1 N–H and O–H groups in total. The zero-order valence-electron chi connectivity index (χ0n) is 17.0. The van der Waals surface area contributed by atoms with Crippen LogP contribution in [0.3, 0.4) is 0 Å². The number of non-ortho nitro benzene ring substituents is 1. The van der Waals surface area contributed by atoms with E-state index in [0.717, 1.165) is 12.2 Å². The van der Waals surface area contributed by atoms with Gasteiger partial charge in [0.15, 0.2) is 5.16 Å². The highest BCUT2D eigenvalue weighted by Crippen LogP contribution is 2.54. The van der Waals surface area contributed by atoms with E-state index in [1.165, 1.54) is 35.5 Å². The smallest absolute Gasteiger partial charge is 0.271 e. The van der Waals surface area contributed by atoms with Gasteiger partial charge in [0.25, 0.3) is 5.69 Å². The zero-order valence-corrected chi connectivity index (χ0v) is 18.6. The normalized spacial score (nSPS) is 17.0. The fourth-order valence-corrected chi connectivity index (χ4v) is 4.49. The molecule has 2 aromatic carbocycles. The minimum atomic E-state index is -0.541. The number of carbonyl (C=O) groups excluding carboxylic acids is 1. The third kappa shape index (κ3) is 4.84. The second-order valence-electron chi connectivity index (χ2n) is 7.36. The standard InChI is InChI=1S/C22H20ClN5O3S/c1-2-10-27-21(17-12-16(17)14-6-4-3-5-7-14)25-26-22(27)32-13-20(29)24-19-11-15(28(30)31)8-9-18(19)23/h2-9,11,16-17H,1,10,12-13H2,(H,24,29). The van der Waals surface area contributed by atoms with E-state index in [1.54, 1.807) is 6.08 Å². The summed E-state index contributed by atoms with van der Waals surface area (Å²) in [5, 5.41) is 23.1. The number of allylic oxidation sites excluding steroid dienone is 1. The Kier molecular flexibility index (Phi) is 6.57. The molecule has 0 radical (unpaired) electrons. The van der Waals surface area contributed by atoms with Crippen LogP contribution in [-0.4, -0.2) is 31.3 Å². The van der Waals surface area contributed by atoms with Gasteiger partial charge in [-0.2, -0.15) is 0 Å². The van der Waals surface area contributed by atoms with Crippen LogP contribution in [0.2, 0.25) is 5.02 Å². The van der Waals surface area contributed by atoms with Crippen molar-refractivity contribution in [3.05, 3.63) is 87.7 Å². The fourth-order valence-electron chi connectivity index (χ4n) is 3.57. The summed E-state index contributed by atoms with van der Waals surface area (Å²) >= 11 is 7.30. The minimum Gasteiger partial charge on any atom is -0.324 e. The van der Waals surface area contributed by atoms with E-state index in [2.05, 4.69) is 34.2 Å². The van der Waals surface area contributed by atoms with Crippen molar-refractivity contribution in [2.24, 2.45) is 0 Å². The van der Waals surface area contributed by atoms with Crippen LogP contribution >= 0.6 is 23.4 Å². The Bertz CT molecular complexity index is 1170. The predicted octanol–water partition coefficient (Wildman–Crippen LogP) is 5.03. The monoisotopic (exact) mass is 469 g/mol. The molecule has 0 spiro atoms. The van der Waals surface area contributed by atoms with Gasteiger partial charge in [0, 0.05) is 24.6 Å². The van der Waals surface area contributed by atoms with E-state index in [0.29, 0.717) is 17.6 Å². The van der Waals surface area contributed by atoms with Crippen LogP contribution < -0.4 is 5.32 Å². The summed E-state index contributed by atoms with van der Waals surface area (Å²) in [5.74, 6) is 1.31. The number of rotatable bonds is 9. The maximum atomic E-state index is 12.4. The van der Waals surface area contributed by atoms with Crippen LogP contribution in [0.25, 0.3) is 0 Å². The first-order chi connectivity index (χ1) is 15.5. The fraction of sp³-hybridized carbons (Fsp3) is 0.227. The second-order valence-corrected chi connectivity index (χ2v) is 8.71. The van der Waals surface area contributed by atoms with Gasteiger partial charge < -0.3 is 9.88 Å². The molecular formula is C22H20ClN5O3S. The molecule has 1 heterocycles. The molecule has 2 unspecified atom stereocenters. The number of amides is 1. The van der Waals surface area contributed by atoms with Gasteiger partial charge >= 0.3 is 0 Å². The zero-order chi connectivity index (χ0) is 22.7. The first-order valence-corrected chi connectivity index (χ1v) is 11.3. The number of nitro groups is 1. The van der Waals surface area contributed by atoms with Gasteiger partial charge in [-0.1, -0.05) is 59.8 Å².